The van der Waals surface area contributed by atoms with Gasteiger partial charge in [0.1, 0.15) is 13.5 Å². The molecule has 0 aromatic carbocycles. The van der Waals surface area contributed by atoms with Crippen LogP contribution in [0.4, 0.5) is 0 Å². The Morgan fingerprint density at radius 3 is 2.90 bits per heavy atom. The Balaban J connectivity index is 2.25. The number of aryl methyl sites for hydroxylation is 1. The molecular formula is C13H12BN5O2. The summed E-state index contributed by atoms with van der Waals surface area (Å²) in [5, 5.41) is 4.18. The second-order valence-corrected chi connectivity index (χ2v) is 4.45. The van der Waals surface area contributed by atoms with Crippen molar-refractivity contribution in [3.8, 4) is 11.5 Å². The molecule has 0 spiro atoms. The molecule has 3 heterocycles. The molecule has 0 aliphatic rings. The van der Waals surface area contributed by atoms with Gasteiger partial charge in [-0.3, -0.25) is 0 Å². The molecule has 0 bridgehead atoms. The van der Waals surface area contributed by atoms with E-state index in [2.05, 4.69) is 15.1 Å². The van der Waals surface area contributed by atoms with Gasteiger partial charge in [-0.05, 0) is 13.0 Å². The number of aromatic nitrogens is 5. The normalized spacial score (nSPS) is 11.0. The standard InChI is InChI=1S/C13H12BN5O2/c1-3-21-13(20)8-6-9(12-15-4-5-18(12)2)19-11(16-8)7-10(14)17-19/h4-7H,3H2,1-2H3. The lowest BCUT2D eigenvalue weighted by atomic mass is 10.1. The number of fused-ring (bicyclic) bond motifs is 1. The summed E-state index contributed by atoms with van der Waals surface area (Å²) < 4.78 is 8.37. The lowest BCUT2D eigenvalue weighted by Crippen LogP contribution is -2.11. The Hall–Kier alpha value is -2.64. The number of imidazole rings is 1. The van der Waals surface area contributed by atoms with Gasteiger partial charge in [0.2, 0.25) is 0 Å². The summed E-state index contributed by atoms with van der Waals surface area (Å²) in [4.78, 5) is 20.4. The highest BCUT2D eigenvalue weighted by Gasteiger charge is 2.17. The third kappa shape index (κ3) is 2.28. The third-order valence-corrected chi connectivity index (χ3v) is 2.98. The van der Waals surface area contributed by atoms with E-state index in [9.17, 15) is 4.79 Å². The van der Waals surface area contributed by atoms with Crippen LogP contribution in [0.25, 0.3) is 17.2 Å². The van der Waals surface area contributed by atoms with Crippen LogP contribution in [-0.4, -0.2) is 44.6 Å². The smallest absolute Gasteiger partial charge is 0.357 e. The van der Waals surface area contributed by atoms with Crippen LogP contribution in [0.2, 0.25) is 0 Å². The van der Waals surface area contributed by atoms with Crippen LogP contribution < -0.4 is 5.59 Å². The topological polar surface area (TPSA) is 74.3 Å². The van der Waals surface area contributed by atoms with Crippen molar-refractivity contribution in [1.29, 1.82) is 0 Å². The molecule has 21 heavy (non-hydrogen) atoms. The molecule has 0 saturated heterocycles. The van der Waals surface area contributed by atoms with Gasteiger partial charge in [-0.25, -0.2) is 19.3 Å². The average molecular weight is 281 g/mol. The van der Waals surface area contributed by atoms with Gasteiger partial charge in [-0.15, -0.1) is 0 Å². The van der Waals surface area contributed by atoms with Gasteiger partial charge in [0.05, 0.1) is 6.61 Å². The Labute approximate surface area is 122 Å². The Morgan fingerprint density at radius 1 is 1.43 bits per heavy atom. The van der Waals surface area contributed by atoms with Gasteiger partial charge in [0, 0.05) is 31.1 Å². The molecule has 0 aliphatic heterocycles. The van der Waals surface area contributed by atoms with Crippen LogP contribution in [-0.2, 0) is 11.8 Å². The lowest BCUT2D eigenvalue weighted by Gasteiger charge is -2.07. The zero-order valence-electron chi connectivity index (χ0n) is 11.6. The number of nitrogens with zero attached hydrogens (tertiary/aromatic N) is 5. The quantitative estimate of drug-likeness (QED) is 0.503. The van der Waals surface area contributed by atoms with E-state index in [-0.39, 0.29) is 12.3 Å². The van der Waals surface area contributed by atoms with E-state index in [1.165, 1.54) is 0 Å². The summed E-state index contributed by atoms with van der Waals surface area (Å²) in [5.74, 6) is 0.159. The van der Waals surface area contributed by atoms with E-state index >= 15 is 0 Å². The number of rotatable bonds is 3. The zero-order valence-corrected chi connectivity index (χ0v) is 11.6. The van der Waals surface area contributed by atoms with Crippen LogP contribution in [0, 0.1) is 0 Å². The van der Waals surface area contributed by atoms with Crippen molar-refractivity contribution in [2.24, 2.45) is 7.05 Å². The molecule has 3 aromatic heterocycles. The second kappa shape index (κ2) is 5.04. The zero-order chi connectivity index (χ0) is 15.0. The van der Waals surface area contributed by atoms with Crippen LogP contribution >= 0.6 is 0 Å². The van der Waals surface area contributed by atoms with Crippen LogP contribution in [0.3, 0.4) is 0 Å². The van der Waals surface area contributed by atoms with Gasteiger partial charge >= 0.3 is 5.97 Å². The minimum absolute atomic E-state index is 0.197. The molecule has 0 atom stereocenters. The fraction of sp³-hybridized carbons (Fsp3) is 0.231. The van der Waals surface area contributed by atoms with Crippen molar-refractivity contribution in [2.45, 2.75) is 6.92 Å². The maximum Gasteiger partial charge on any atom is 0.357 e. The molecule has 0 saturated carbocycles. The Bertz CT molecular complexity index is 823. The number of hydrogen-bond acceptors (Lipinski definition) is 5. The molecule has 0 fully saturated rings. The van der Waals surface area contributed by atoms with Gasteiger partial charge in [0.15, 0.2) is 17.2 Å². The molecule has 0 amide bonds. The van der Waals surface area contributed by atoms with Crippen LogP contribution in [0.1, 0.15) is 17.4 Å². The first kappa shape index (κ1) is 13.4. The van der Waals surface area contributed by atoms with E-state index in [0.717, 1.165) is 0 Å². The lowest BCUT2D eigenvalue weighted by molar-refractivity contribution is 0.0519. The van der Waals surface area contributed by atoms with Crippen molar-refractivity contribution in [2.75, 3.05) is 6.61 Å². The largest absolute Gasteiger partial charge is 0.461 e. The molecule has 7 nitrogen and oxygen atoms in total. The minimum atomic E-state index is -0.491. The van der Waals surface area contributed by atoms with Gasteiger partial charge in [-0.1, -0.05) is 0 Å². The Kier molecular flexibility index (Phi) is 3.21. The van der Waals surface area contributed by atoms with Crippen molar-refractivity contribution >= 4 is 25.1 Å². The average Bonchev–Trinajstić information content (AvgIpc) is 3.02. The van der Waals surface area contributed by atoms with Crippen molar-refractivity contribution < 1.29 is 9.53 Å². The highest BCUT2D eigenvalue weighted by Crippen LogP contribution is 2.18. The third-order valence-electron chi connectivity index (χ3n) is 2.98. The fourth-order valence-corrected chi connectivity index (χ4v) is 2.07. The molecular weight excluding hydrogens is 269 g/mol. The van der Waals surface area contributed by atoms with Crippen molar-refractivity contribution in [3.05, 3.63) is 30.2 Å². The van der Waals surface area contributed by atoms with Crippen molar-refractivity contribution in [3.63, 3.8) is 0 Å². The first-order valence-electron chi connectivity index (χ1n) is 6.41. The summed E-state index contributed by atoms with van der Waals surface area (Å²) in [6.07, 6.45) is 3.47. The number of carbonyl (C=O) groups is 1. The fourth-order valence-electron chi connectivity index (χ4n) is 2.07. The SMILES string of the molecule is [B]c1cc2nc(C(=O)OCC)cc(-c3nccn3C)n2n1. The summed E-state index contributed by atoms with van der Waals surface area (Å²) in [6.45, 7) is 2.03. The molecule has 104 valence electrons. The monoisotopic (exact) mass is 281 g/mol. The van der Waals surface area contributed by atoms with E-state index in [1.807, 2.05) is 11.6 Å². The number of carbonyl (C=O) groups excluding carboxylic acids is 1. The second-order valence-electron chi connectivity index (χ2n) is 4.45. The molecule has 3 aromatic rings. The van der Waals surface area contributed by atoms with E-state index in [1.54, 1.807) is 36.0 Å². The van der Waals surface area contributed by atoms with Gasteiger partial charge in [0.25, 0.3) is 0 Å². The highest BCUT2D eigenvalue weighted by atomic mass is 16.5. The van der Waals surface area contributed by atoms with Gasteiger partial charge < -0.3 is 9.30 Å². The van der Waals surface area contributed by atoms with Crippen LogP contribution in [0.15, 0.2) is 24.5 Å². The molecule has 0 aliphatic carbocycles. The maximum absolute atomic E-state index is 11.9. The van der Waals surface area contributed by atoms with Gasteiger partial charge in [-0.2, -0.15) is 5.10 Å². The Morgan fingerprint density at radius 2 is 2.24 bits per heavy atom. The van der Waals surface area contributed by atoms with E-state index in [0.29, 0.717) is 22.8 Å². The highest BCUT2D eigenvalue weighted by molar-refractivity contribution is 6.31. The minimum Gasteiger partial charge on any atom is -0.461 e. The molecule has 8 heteroatoms. The number of ether oxygens (including phenoxy) is 1. The first-order chi connectivity index (χ1) is 10.1. The predicted octanol–water partition coefficient (Wildman–Crippen LogP) is 0.100. The number of hydrogen-bond donors (Lipinski definition) is 0. The van der Waals surface area contributed by atoms with Crippen molar-refractivity contribution in [1.82, 2.24) is 24.1 Å². The maximum atomic E-state index is 11.9. The summed E-state index contributed by atoms with van der Waals surface area (Å²) in [7, 11) is 7.57. The molecule has 0 N–H and O–H groups in total. The molecule has 3 rings (SSSR count). The molecule has 2 radical (unpaired) electrons. The summed E-state index contributed by atoms with van der Waals surface area (Å²) in [6, 6.07) is 3.19. The summed E-state index contributed by atoms with van der Waals surface area (Å²) in [5.41, 5.74) is 1.60. The van der Waals surface area contributed by atoms with E-state index in [4.69, 9.17) is 12.6 Å². The molecule has 0 unspecified atom stereocenters. The first-order valence-corrected chi connectivity index (χ1v) is 6.41. The summed E-state index contributed by atoms with van der Waals surface area (Å²) >= 11 is 0. The van der Waals surface area contributed by atoms with Crippen LogP contribution in [0.5, 0.6) is 0 Å². The predicted molar refractivity (Wildman–Crippen MR) is 76.5 cm³/mol. The van der Waals surface area contributed by atoms with E-state index < -0.39 is 5.97 Å². The number of esters is 1.